The zero-order valence-corrected chi connectivity index (χ0v) is 15.9. The summed E-state index contributed by atoms with van der Waals surface area (Å²) in [5.41, 5.74) is -0.126. The van der Waals surface area contributed by atoms with Crippen LogP contribution < -0.4 is 20.1 Å². The summed E-state index contributed by atoms with van der Waals surface area (Å²) in [6.07, 6.45) is 0.294. The van der Waals surface area contributed by atoms with Crippen LogP contribution in [0.1, 0.15) is 31.2 Å². The molecule has 0 unspecified atom stereocenters. The lowest BCUT2D eigenvalue weighted by Crippen LogP contribution is -2.18. The van der Waals surface area contributed by atoms with Crippen molar-refractivity contribution in [1.82, 2.24) is 15.0 Å². The van der Waals surface area contributed by atoms with E-state index in [0.29, 0.717) is 30.4 Å². The quantitative estimate of drug-likeness (QED) is 0.572. The van der Waals surface area contributed by atoms with Crippen molar-refractivity contribution in [3.8, 4) is 11.5 Å². The van der Waals surface area contributed by atoms with Gasteiger partial charge in [-0.25, -0.2) is 0 Å². The molecule has 1 aliphatic carbocycles. The minimum atomic E-state index is -4.51. The minimum absolute atomic E-state index is 0.0528. The molecule has 2 aliphatic rings. The van der Waals surface area contributed by atoms with Crippen LogP contribution in [0.25, 0.3) is 11.0 Å². The molecule has 1 aliphatic heterocycles. The van der Waals surface area contributed by atoms with Crippen molar-refractivity contribution in [2.75, 3.05) is 23.8 Å². The fraction of sp³-hybridized carbons (Fsp3) is 0.400. The predicted octanol–water partition coefficient (Wildman–Crippen LogP) is 4.65. The number of fused-ring (bicyclic) bond motifs is 2. The van der Waals surface area contributed by atoms with E-state index in [9.17, 15) is 13.2 Å². The molecule has 157 valence electrons. The van der Waals surface area contributed by atoms with Crippen molar-refractivity contribution < 1.29 is 22.6 Å². The summed E-state index contributed by atoms with van der Waals surface area (Å²) < 4.78 is 51.8. The molecule has 0 amide bonds. The van der Waals surface area contributed by atoms with E-state index in [1.165, 1.54) is 0 Å². The van der Waals surface area contributed by atoms with Crippen LogP contribution in [0.2, 0.25) is 0 Å². The van der Waals surface area contributed by atoms with Crippen LogP contribution in [0.4, 0.5) is 30.6 Å². The summed E-state index contributed by atoms with van der Waals surface area (Å²) >= 11 is 0. The van der Waals surface area contributed by atoms with Crippen LogP contribution in [-0.2, 0) is 6.18 Å². The SMILES string of the molecule is FC(F)(F)c1c[nH]c2nc(Nc3cc[c]c4c3OCCO4)nc(NC3CCCC3)c12. The number of aromatic nitrogens is 3. The maximum atomic E-state index is 13.5. The van der Waals surface area contributed by atoms with Crippen LogP contribution in [-0.4, -0.2) is 34.2 Å². The fourth-order valence-corrected chi connectivity index (χ4v) is 3.90. The monoisotopic (exact) mass is 418 g/mol. The van der Waals surface area contributed by atoms with Crippen molar-refractivity contribution in [1.29, 1.82) is 0 Å². The molecular formula is C20H19F3N5O2. The van der Waals surface area contributed by atoms with Gasteiger partial charge in [0.15, 0.2) is 11.5 Å². The van der Waals surface area contributed by atoms with Gasteiger partial charge in [-0.3, -0.25) is 0 Å². The first-order valence-corrected chi connectivity index (χ1v) is 9.79. The summed E-state index contributed by atoms with van der Waals surface area (Å²) in [6.45, 7) is 0.813. The number of nitrogens with one attached hydrogen (secondary N) is 3. The van der Waals surface area contributed by atoms with Gasteiger partial charge >= 0.3 is 6.18 Å². The predicted molar refractivity (Wildman–Crippen MR) is 104 cm³/mol. The fourth-order valence-electron chi connectivity index (χ4n) is 3.90. The zero-order valence-electron chi connectivity index (χ0n) is 15.9. The third-order valence-electron chi connectivity index (χ3n) is 5.27. The third-order valence-corrected chi connectivity index (χ3v) is 5.27. The second kappa shape index (κ2) is 7.26. The number of benzene rings is 1. The van der Waals surface area contributed by atoms with Crippen molar-refractivity contribution in [2.45, 2.75) is 37.9 Å². The van der Waals surface area contributed by atoms with Crippen LogP contribution in [0, 0.1) is 6.07 Å². The Kier molecular flexibility index (Phi) is 4.56. The number of halogens is 3. The molecule has 1 radical (unpaired) electrons. The lowest BCUT2D eigenvalue weighted by atomic mass is 10.2. The van der Waals surface area contributed by atoms with E-state index in [2.05, 4.69) is 31.7 Å². The highest BCUT2D eigenvalue weighted by molar-refractivity contribution is 5.92. The Labute approximate surface area is 170 Å². The third kappa shape index (κ3) is 3.46. The lowest BCUT2D eigenvalue weighted by molar-refractivity contribution is -0.136. The van der Waals surface area contributed by atoms with E-state index in [4.69, 9.17) is 9.47 Å². The smallest absolute Gasteiger partial charge is 0.418 e. The highest BCUT2D eigenvalue weighted by Crippen LogP contribution is 2.40. The standard InChI is InChI=1S/C20H19F3N5O2/c21-20(22,23)12-10-24-17-15(12)18(25-11-4-1-2-5-11)28-19(27-17)26-13-6-3-7-14-16(13)30-9-8-29-14/h3,6,10-11H,1-2,4-5,8-9H2,(H3,24,25,26,27,28). The van der Waals surface area contributed by atoms with Crippen LogP contribution >= 0.6 is 0 Å². The molecule has 3 heterocycles. The number of rotatable bonds is 4. The van der Waals surface area contributed by atoms with Crippen LogP contribution in [0.5, 0.6) is 11.5 Å². The number of H-pyrrole nitrogens is 1. The largest absolute Gasteiger partial charge is 0.485 e. The van der Waals surface area contributed by atoms with Gasteiger partial charge in [0.25, 0.3) is 0 Å². The minimum Gasteiger partial charge on any atom is -0.485 e. The second-order valence-corrected chi connectivity index (χ2v) is 7.32. The molecule has 2 aromatic heterocycles. The van der Waals surface area contributed by atoms with E-state index in [0.717, 1.165) is 31.9 Å². The van der Waals surface area contributed by atoms with E-state index in [1.807, 2.05) is 0 Å². The van der Waals surface area contributed by atoms with Gasteiger partial charge < -0.3 is 25.1 Å². The van der Waals surface area contributed by atoms with Crippen LogP contribution in [0.3, 0.4) is 0 Å². The van der Waals surface area contributed by atoms with Crippen molar-refractivity contribution in [3.63, 3.8) is 0 Å². The highest BCUT2D eigenvalue weighted by atomic mass is 19.4. The first-order chi connectivity index (χ1) is 14.5. The molecule has 30 heavy (non-hydrogen) atoms. The van der Waals surface area contributed by atoms with E-state index in [-0.39, 0.29) is 28.8 Å². The molecule has 1 saturated carbocycles. The molecule has 3 aromatic rings. The Bertz CT molecular complexity index is 1080. The first kappa shape index (κ1) is 18.8. The maximum absolute atomic E-state index is 13.5. The molecule has 1 aromatic carbocycles. The lowest BCUT2D eigenvalue weighted by Gasteiger charge is -2.21. The number of aromatic amines is 1. The van der Waals surface area contributed by atoms with Gasteiger partial charge in [-0.1, -0.05) is 12.8 Å². The molecule has 0 atom stereocenters. The van der Waals surface area contributed by atoms with Crippen molar-refractivity contribution in [2.24, 2.45) is 0 Å². The number of hydrogen-bond donors (Lipinski definition) is 3. The van der Waals surface area contributed by atoms with Gasteiger partial charge in [0.2, 0.25) is 5.95 Å². The first-order valence-electron chi connectivity index (χ1n) is 9.79. The van der Waals surface area contributed by atoms with Gasteiger partial charge in [-0.05, 0) is 25.0 Å². The van der Waals surface area contributed by atoms with Crippen molar-refractivity contribution >= 4 is 28.5 Å². The summed E-state index contributed by atoms with van der Waals surface area (Å²) in [4.78, 5) is 11.3. The molecule has 7 nitrogen and oxygen atoms in total. The number of anilines is 3. The zero-order chi connectivity index (χ0) is 20.7. The Morgan fingerprint density at radius 3 is 2.73 bits per heavy atom. The number of ether oxygens (including phenoxy) is 2. The number of hydrogen-bond acceptors (Lipinski definition) is 6. The normalized spacial score (nSPS) is 16.8. The Morgan fingerprint density at radius 1 is 1.13 bits per heavy atom. The van der Waals surface area contributed by atoms with Gasteiger partial charge in [0, 0.05) is 18.3 Å². The van der Waals surface area contributed by atoms with Gasteiger partial charge in [-0.15, -0.1) is 0 Å². The highest BCUT2D eigenvalue weighted by Gasteiger charge is 2.36. The molecular weight excluding hydrogens is 399 g/mol. The van der Waals surface area contributed by atoms with E-state index in [1.54, 1.807) is 12.1 Å². The topological polar surface area (TPSA) is 84.1 Å². The Morgan fingerprint density at radius 2 is 1.93 bits per heavy atom. The Hall–Kier alpha value is -3.17. The molecule has 3 N–H and O–H groups in total. The molecule has 0 spiro atoms. The van der Waals surface area contributed by atoms with Crippen molar-refractivity contribution in [3.05, 3.63) is 30.0 Å². The van der Waals surface area contributed by atoms with E-state index >= 15 is 0 Å². The van der Waals surface area contributed by atoms with Gasteiger partial charge in [0.1, 0.15) is 24.7 Å². The summed E-state index contributed by atoms with van der Waals surface area (Å²) in [5, 5.41) is 6.19. The second-order valence-electron chi connectivity index (χ2n) is 7.32. The number of alkyl halides is 3. The summed E-state index contributed by atoms with van der Waals surface area (Å²) in [6, 6.07) is 6.43. The molecule has 5 rings (SSSR count). The van der Waals surface area contributed by atoms with E-state index < -0.39 is 11.7 Å². The molecule has 0 bridgehead atoms. The van der Waals surface area contributed by atoms with Gasteiger partial charge in [-0.2, -0.15) is 23.1 Å². The van der Waals surface area contributed by atoms with Crippen LogP contribution in [0.15, 0.2) is 18.3 Å². The summed E-state index contributed by atoms with van der Waals surface area (Å²) in [5.74, 6) is 1.26. The Balaban J connectivity index is 1.56. The molecule has 0 saturated heterocycles. The maximum Gasteiger partial charge on any atom is 0.418 e. The number of nitrogens with zero attached hydrogens (tertiary/aromatic N) is 2. The molecule has 1 fully saturated rings. The molecule has 10 heteroatoms. The van der Waals surface area contributed by atoms with Gasteiger partial charge in [0.05, 0.1) is 16.6 Å². The average molecular weight is 418 g/mol. The average Bonchev–Trinajstić information content (AvgIpc) is 3.38. The summed E-state index contributed by atoms with van der Waals surface area (Å²) in [7, 11) is 0.